The predicted molar refractivity (Wildman–Crippen MR) is 92.3 cm³/mol. The number of urea groups is 2. The Balaban J connectivity index is 1.79. The van der Waals surface area contributed by atoms with Gasteiger partial charge in [0.1, 0.15) is 0 Å². The fourth-order valence-electron chi connectivity index (χ4n) is 2.25. The molecule has 9 nitrogen and oxygen atoms in total. The lowest BCUT2D eigenvalue weighted by molar-refractivity contribution is -0.130. The molecule has 0 unspecified atom stereocenters. The molecule has 9 heteroatoms. The van der Waals surface area contributed by atoms with Crippen LogP contribution < -0.4 is 16.0 Å². The van der Waals surface area contributed by atoms with E-state index in [-0.39, 0.29) is 24.2 Å². The van der Waals surface area contributed by atoms with Gasteiger partial charge in [-0.1, -0.05) is 12.1 Å². The monoisotopic (exact) mass is 362 g/mol. The molecule has 1 saturated heterocycles. The van der Waals surface area contributed by atoms with Crippen molar-refractivity contribution < 1.29 is 23.9 Å². The highest BCUT2D eigenvalue weighted by atomic mass is 16.5. The number of esters is 1. The van der Waals surface area contributed by atoms with Crippen LogP contribution in [-0.2, 0) is 16.1 Å². The SMILES string of the molecule is CC(C)NC(=O)NCc1ccc(C(=O)OCC(=O)N2CCNC2=O)cc1. The fraction of sp³-hybridized carbons (Fsp3) is 0.412. The highest BCUT2D eigenvalue weighted by Crippen LogP contribution is 2.07. The number of ether oxygens (including phenoxy) is 1. The molecule has 2 rings (SSSR count). The first-order valence-corrected chi connectivity index (χ1v) is 8.25. The zero-order chi connectivity index (χ0) is 19.1. The van der Waals surface area contributed by atoms with Crippen LogP contribution in [0.2, 0.25) is 0 Å². The van der Waals surface area contributed by atoms with Crippen LogP contribution in [0, 0.1) is 0 Å². The lowest BCUT2D eigenvalue weighted by Gasteiger charge is -2.12. The van der Waals surface area contributed by atoms with Gasteiger partial charge in [-0.3, -0.25) is 9.69 Å². The standard InChI is InChI=1S/C17H22N4O5/c1-11(2)20-16(24)19-9-12-3-5-13(6-4-12)15(23)26-10-14(22)21-8-7-18-17(21)25/h3-6,11H,7-10H2,1-2H3,(H,18,25)(H2,19,20,24). The number of imide groups is 1. The summed E-state index contributed by atoms with van der Waals surface area (Å²) in [6.45, 7) is 4.20. The highest BCUT2D eigenvalue weighted by Gasteiger charge is 2.26. The number of nitrogens with zero attached hydrogens (tertiary/aromatic N) is 1. The highest BCUT2D eigenvalue weighted by molar-refractivity contribution is 5.98. The topological polar surface area (TPSA) is 117 Å². The molecule has 0 atom stereocenters. The Morgan fingerprint density at radius 3 is 2.50 bits per heavy atom. The van der Waals surface area contributed by atoms with Crippen LogP contribution in [0.15, 0.2) is 24.3 Å². The summed E-state index contributed by atoms with van der Waals surface area (Å²) in [6.07, 6.45) is 0. The van der Waals surface area contributed by atoms with Crippen LogP contribution in [0.3, 0.4) is 0 Å². The molecule has 1 heterocycles. The summed E-state index contributed by atoms with van der Waals surface area (Å²) in [5.41, 5.74) is 1.09. The second-order valence-electron chi connectivity index (χ2n) is 6.03. The van der Waals surface area contributed by atoms with E-state index in [1.54, 1.807) is 24.3 Å². The van der Waals surface area contributed by atoms with Crippen molar-refractivity contribution in [2.75, 3.05) is 19.7 Å². The first-order valence-electron chi connectivity index (χ1n) is 8.25. The molecule has 0 radical (unpaired) electrons. The first-order chi connectivity index (χ1) is 12.4. The maximum Gasteiger partial charge on any atom is 0.338 e. The van der Waals surface area contributed by atoms with Gasteiger partial charge < -0.3 is 20.7 Å². The van der Waals surface area contributed by atoms with Crippen LogP contribution in [0.5, 0.6) is 0 Å². The Morgan fingerprint density at radius 1 is 1.23 bits per heavy atom. The van der Waals surface area contributed by atoms with Crippen LogP contribution >= 0.6 is 0 Å². The van der Waals surface area contributed by atoms with Crippen LogP contribution in [0.25, 0.3) is 0 Å². The molecular weight excluding hydrogens is 340 g/mol. The number of benzene rings is 1. The van der Waals surface area contributed by atoms with Crippen LogP contribution in [0.4, 0.5) is 9.59 Å². The van der Waals surface area contributed by atoms with E-state index in [0.717, 1.165) is 10.5 Å². The maximum absolute atomic E-state index is 12.0. The van der Waals surface area contributed by atoms with Gasteiger partial charge in [-0.15, -0.1) is 0 Å². The van der Waals surface area contributed by atoms with Gasteiger partial charge in [0.15, 0.2) is 6.61 Å². The summed E-state index contributed by atoms with van der Waals surface area (Å²) in [5.74, 6) is -1.22. The quantitative estimate of drug-likeness (QED) is 0.641. The molecule has 1 aromatic rings. The van der Waals surface area contributed by atoms with Gasteiger partial charge >= 0.3 is 18.0 Å². The van der Waals surface area contributed by atoms with Gasteiger partial charge in [-0.25, -0.2) is 14.4 Å². The van der Waals surface area contributed by atoms with Crippen LogP contribution in [-0.4, -0.2) is 54.6 Å². The van der Waals surface area contributed by atoms with E-state index in [9.17, 15) is 19.2 Å². The summed E-state index contributed by atoms with van der Waals surface area (Å²) < 4.78 is 4.94. The molecule has 1 aromatic carbocycles. The maximum atomic E-state index is 12.0. The van der Waals surface area contributed by atoms with Crippen LogP contribution in [0.1, 0.15) is 29.8 Å². The lowest BCUT2D eigenvalue weighted by atomic mass is 10.1. The van der Waals surface area contributed by atoms with E-state index in [1.165, 1.54) is 0 Å². The Hall–Kier alpha value is -3.10. The van der Waals surface area contributed by atoms with Gasteiger partial charge in [0, 0.05) is 25.7 Å². The smallest absolute Gasteiger partial charge is 0.338 e. The Morgan fingerprint density at radius 2 is 1.92 bits per heavy atom. The minimum atomic E-state index is -0.657. The van der Waals surface area contributed by atoms with Gasteiger partial charge in [0.2, 0.25) is 0 Å². The molecule has 0 aliphatic carbocycles. The van der Waals surface area contributed by atoms with Crippen molar-refractivity contribution in [1.82, 2.24) is 20.9 Å². The van der Waals surface area contributed by atoms with Gasteiger partial charge in [0.05, 0.1) is 5.56 Å². The molecular formula is C17H22N4O5. The number of hydrogen-bond acceptors (Lipinski definition) is 5. The zero-order valence-electron chi connectivity index (χ0n) is 14.7. The second kappa shape index (κ2) is 8.84. The third-order valence-corrected chi connectivity index (χ3v) is 3.55. The molecule has 26 heavy (non-hydrogen) atoms. The largest absolute Gasteiger partial charge is 0.452 e. The summed E-state index contributed by atoms with van der Waals surface area (Å²) in [7, 11) is 0. The third kappa shape index (κ3) is 5.47. The normalized spacial score (nSPS) is 13.3. The molecule has 1 aliphatic heterocycles. The van der Waals surface area contributed by atoms with Crippen molar-refractivity contribution >= 4 is 23.9 Å². The number of rotatable bonds is 6. The van der Waals surface area contributed by atoms with Crippen molar-refractivity contribution in [3.05, 3.63) is 35.4 Å². The van der Waals surface area contributed by atoms with Crippen molar-refractivity contribution in [3.8, 4) is 0 Å². The number of amides is 5. The van der Waals surface area contributed by atoms with Crippen molar-refractivity contribution in [1.29, 1.82) is 0 Å². The van der Waals surface area contributed by atoms with Gasteiger partial charge in [0.25, 0.3) is 5.91 Å². The summed E-state index contributed by atoms with van der Waals surface area (Å²) >= 11 is 0. The predicted octanol–water partition coefficient (Wildman–Crippen LogP) is 0.603. The number of hydrogen-bond donors (Lipinski definition) is 3. The third-order valence-electron chi connectivity index (χ3n) is 3.55. The van der Waals surface area contributed by atoms with Crippen molar-refractivity contribution in [2.45, 2.75) is 26.4 Å². The summed E-state index contributed by atoms with van der Waals surface area (Å²) in [6, 6.07) is 5.75. The number of carbonyl (C=O) groups is 4. The molecule has 3 N–H and O–H groups in total. The molecule has 0 spiro atoms. The molecule has 0 aromatic heterocycles. The van der Waals surface area contributed by atoms with E-state index in [2.05, 4.69) is 16.0 Å². The molecule has 0 saturated carbocycles. The van der Waals surface area contributed by atoms with E-state index in [4.69, 9.17) is 4.74 Å². The number of carbonyl (C=O) groups excluding carboxylic acids is 4. The average molecular weight is 362 g/mol. The van der Waals surface area contributed by atoms with E-state index in [1.807, 2.05) is 13.8 Å². The molecule has 5 amide bonds. The molecule has 1 fully saturated rings. The zero-order valence-corrected chi connectivity index (χ0v) is 14.7. The van der Waals surface area contributed by atoms with E-state index >= 15 is 0 Å². The van der Waals surface area contributed by atoms with Crippen molar-refractivity contribution in [2.24, 2.45) is 0 Å². The van der Waals surface area contributed by atoms with E-state index in [0.29, 0.717) is 13.1 Å². The Labute approximate surface area is 151 Å². The second-order valence-corrected chi connectivity index (χ2v) is 6.03. The minimum absolute atomic E-state index is 0.0430. The minimum Gasteiger partial charge on any atom is -0.452 e. The Bertz CT molecular complexity index is 687. The summed E-state index contributed by atoms with van der Waals surface area (Å²) in [4.78, 5) is 47.7. The van der Waals surface area contributed by atoms with E-state index < -0.39 is 24.5 Å². The molecule has 140 valence electrons. The Kier molecular flexibility index (Phi) is 6.54. The lowest BCUT2D eigenvalue weighted by Crippen LogP contribution is -2.39. The molecule has 1 aliphatic rings. The number of nitrogens with one attached hydrogen (secondary N) is 3. The van der Waals surface area contributed by atoms with Gasteiger partial charge in [-0.05, 0) is 31.5 Å². The van der Waals surface area contributed by atoms with Gasteiger partial charge in [-0.2, -0.15) is 0 Å². The van der Waals surface area contributed by atoms with Crippen molar-refractivity contribution in [3.63, 3.8) is 0 Å². The summed E-state index contributed by atoms with van der Waals surface area (Å²) in [5, 5.41) is 7.91. The first kappa shape index (κ1) is 19.2. The fourth-order valence-corrected chi connectivity index (χ4v) is 2.25. The molecule has 0 bridgehead atoms. The average Bonchev–Trinajstić information content (AvgIpc) is 3.03.